The van der Waals surface area contributed by atoms with Gasteiger partial charge in [-0.1, -0.05) is 20.8 Å². The van der Waals surface area contributed by atoms with E-state index >= 15 is 0 Å². The van der Waals surface area contributed by atoms with Crippen LogP contribution in [-0.2, 0) is 4.79 Å². The number of amides is 2. The van der Waals surface area contributed by atoms with Crippen LogP contribution in [0.4, 0.5) is 0 Å². The van der Waals surface area contributed by atoms with Gasteiger partial charge in [-0.3, -0.25) is 9.59 Å². The molecule has 1 atom stereocenters. The van der Waals surface area contributed by atoms with Crippen molar-refractivity contribution in [3.8, 4) is 0 Å². The molecule has 1 aromatic rings. The van der Waals surface area contributed by atoms with Crippen molar-refractivity contribution in [1.29, 1.82) is 0 Å². The predicted molar refractivity (Wildman–Crippen MR) is 96.1 cm³/mol. The van der Waals surface area contributed by atoms with Gasteiger partial charge in [0.15, 0.2) is 0 Å². The smallest absolute Gasteiger partial charge is 0.254 e. The lowest BCUT2D eigenvalue weighted by Crippen LogP contribution is -2.51. The number of rotatable bonds is 2. The average molecular weight is 360 g/mol. The van der Waals surface area contributed by atoms with Crippen molar-refractivity contribution >= 4 is 35.6 Å². The van der Waals surface area contributed by atoms with Crippen molar-refractivity contribution in [2.75, 3.05) is 26.2 Å². The van der Waals surface area contributed by atoms with Gasteiger partial charge in [0, 0.05) is 31.6 Å². The molecule has 0 aromatic carbocycles. The minimum atomic E-state index is -0.508. The largest absolute Gasteiger partial charge is 0.339 e. The molecule has 1 aliphatic heterocycles. The predicted octanol–water partition coefficient (Wildman–Crippen LogP) is 2.22. The fourth-order valence-corrected chi connectivity index (χ4v) is 3.11. The highest BCUT2D eigenvalue weighted by Crippen LogP contribution is 2.20. The fourth-order valence-electron chi connectivity index (χ4n) is 2.48. The molecule has 1 fully saturated rings. The molecule has 1 aliphatic rings. The zero-order valence-corrected chi connectivity index (χ0v) is 15.6. The maximum Gasteiger partial charge on any atom is 0.254 e. The number of hydrogen-bond acceptors (Lipinski definition) is 4. The van der Waals surface area contributed by atoms with E-state index in [9.17, 15) is 9.59 Å². The fraction of sp³-hybridized carbons (Fsp3) is 0.625. The van der Waals surface area contributed by atoms with E-state index < -0.39 is 6.04 Å². The first-order valence-electron chi connectivity index (χ1n) is 7.66. The summed E-state index contributed by atoms with van der Waals surface area (Å²) in [6.45, 7) is 8.38. The van der Waals surface area contributed by atoms with Crippen molar-refractivity contribution < 1.29 is 9.59 Å². The summed E-state index contributed by atoms with van der Waals surface area (Å²) in [5, 5.41) is 3.77. The Morgan fingerprint density at radius 3 is 2.35 bits per heavy atom. The third-order valence-electron chi connectivity index (χ3n) is 4.06. The normalized spacial score (nSPS) is 17.2. The van der Waals surface area contributed by atoms with Gasteiger partial charge in [-0.25, -0.2) is 0 Å². The first-order valence-corrected chi connectivity index (χ1v) is 8.61. The molecular formula is C16H26ClN3O2S. The summed E-state index contributed by atoms with van der Waals surface area (Å²) in [4.78, 5) is 28.5. The second-order valence-corrected chi connectivity index (χ2v) is 7.61. The Balaban J connectivity index is 0.00000264. The summed E-state index contributed by atoms with van der Waals surface area (Å²) in [6.07, 6.45) is 0.790. The van der Waals surface area contributed by atoms with E-state index in [-0.39, 0.29) is 29.6 Å². The van der Waals surface area contributed by atoms with Gasteiger partial charge < -0.3 is 15.5 Å². The number of hydrogen-bond donors (Lipinski definition) is 1. The molecule has 2 heterocycles. The number of carbonyl (C=O) groups is 2. The molecule has 0 bridgehead atoms. The molecule has 7 heteroatoms. The van der Waals surface area contributed by atoms with E-state index in [0.717, 1.165) is 12.0 Å². The molecule has 2 N–H and O–H groups in total. The molecule has 0 spiro atoms. The highest BCUT2D eigenvalue weighted by atomic mass is 35.5. The Morgan fingerprint density at radius 2 is 1.78 bits per heavy atom. The minimum Gasteiger partial charge on any atom is -0.339 e. The van der Waals surface area contributed by atoms with Gasteiger partial charge in [-0.2, -0.15) is 11.3 Å². The van der Waals surface area contributed by atoms with Gasteiger partial charge in [-0.15, -0.1) is 12.4 Å². The van der Waals surface area contributed by atoms with E-state index in [0.29, 0.717) is 26.2 Å². The molecule has 0 aliphatic carbocycles. The zero-order chi connectivity index (χ0) is 16.3. The maximum atomic E-state index is 12.5. The van der Waals surface area contributed by atoms with Crippen LogP contribution in [0, 0.1) is 5.41 Å². The number of nitrogens with zero attached hydrogens (tertiary/aromatic N) is 2. The van der Waals surface area contributed by atoms with E-state index in [4.69, 9.17) is 5.73 Å². The second kappa shape index (κ2) is 8.13. The molecule has 0 unspecified atom stereocenters. The summed E-state index contributed by atoms with van der Waals surface area (Å²) in [5.41, 5.74) is 6.56. The third kappa shape index (κ3) is 4.93. The Labute approximate surface area is 148 Å². The van der Waals surface area contributed by atoms with Gasteiger partial charge in [0.25, 0.3) is 5.91 Å². The molecule has 2 rings (SSSR count). The Hall–Kier alpha value is -1.11. The number of carbonyl (C=O) groups excluding carboxylic acids is 2. The van der Waals surface area contributed by atoms with Crippen LogP contribution < -0.4 is 5.73 Å². The number of thiophene rings is 1. The Bertz CT molecular complexity index is 528. The monoisotopic (exact) mass is 359 g/mol. The maximum absolute atomic E-state index is 12.5. The SMILES string of the molecule is CC(C)(C)[C@H](N)C(=O)N1CCCN(C(=O)c2ccsc2)CC1.Cl. The highest BCUT2D eigenvalue weighted by Gasteiger charge is 2.32. The molecule has 0 radical (unpaired) electrons. The van der Waals surface area contributed by atoms with Gasteiger partial charge >= 0.3 is 0 Å². The van der Waals surface area contributed by atoms with Crippen molar-refractivity contribution in [3.05, 3.63) is 22.4 Å². The second-order valence-electron chi connectivity index (χ2n) is 6.83. The summed E-state index contributed by atoms with van der Waals surface area (Å²) >= 11 is 1.52. The lowest BCUT2D eigenvalue weighted by Gasteiger charge is -2.31. The molecule has 0 saturated carbocycles. The highest BCUT2D eigenvalue weighted by molar-refractivity contribution is 7.08. The molecule has 2 amide bonds. The van der Waals surface area contributed by atoms with Crippen LogP contribution in [0.5, 0.6) is 0 Å². The standard InChI is InChI=1S/C16H25N3O2S.ClH/c1-16(2,3)13(17)15(21)19-7-4-6-18(8-9-19)14(20)12-5-10-22-11-12;/h5,10-11,13H,4,6-9,17H2,1-3H3;1H/t13-;/m1./s1. The van der Waals surface area contributed by atoms with Gasteiger partial charge in [0.2, 0.25) is 5.91 Å². The number of halogens is 1. The van der Waals surface area contributed by atoms with E-state index in [1.165, 1.54) is 11.3 Å². The molecule has 130 valence electrons. The molecular weight excluding hydrogens is 334 g/mol. The van der Waals surface area contributed by atoms with Crippen molar-refractivity contribution in [3.63, 3.8) is 0 Å². The lowest BCUT2D eigenvalue weighted by atomic mass is 9.86. The van der Waals surface area contributed by atoms with Crippen LogP contribution in [-0.4, -0.2) is 53.8 Å². The third-order valence-corrected chi connectivity index (χ3v) is 4.75. The van der Waals surface area contributed by atoms with Gasteiger partial charge in [-0.05, 0) is 23.3 Å². The van der Waals surface area contributed by atoms with Crippen LogP contribution in [0.25, 0.3) is 0 Å². The summed E-state index contributed by atoms with van der Waals surface area (Å²) < 4.78 is 0. The minimum absolute atomic E-state index is 0. The first-order chi connectivity index (χ1) is 10.3. The van der Waals surface area contributed by atoms with E-state index in [2.05, 4.69) is 0 Å². The summed E-state index contributed by atoms with van der Waals surface area (Å²) in [6, 6.07) is 1.34. The average Bonchev–Trinajstić information content (AvgIpc) is 2.88. The first kappa shape index (κ1) is 19.9. The zero-order valence-electron chi connectivity index (χ0n) is 13.9. The van der Waals surface area contributed by atoms with Gasteiger partial charge in [0.1, 0.15) is 0 Å². The number of nitrogens with two attached hydrogens (primary N) is 1. The molecule has 1 aromatic heterocycles. The summed E-state index contributed by atoms with van der Waals surface area (Å²) in [7, 11) is 0. The summed E-state index contributed by atoms with van der Waals surface area (Å²) in [5.74, 6) is 0.0352. The Morgan fingerprint density at radius 1 is 1.17 bits per heavy atom. The topological polar surface area (TPSA) is 66.6 Å². The van der Waals surface area contributed by atoms with E-state index in [1.54, 1.807) is 4.90 Å². The van der Waals surface area contributed by atoms with Crippen LogP contribution >= 0.6 is 23.7 Å². The van der Waals surface area contributed by atoms with Crippen molar-refractivity contribution in [2.45, 2.75) is 33.2 Å². The van der Waals surface area contributed by atoms with Crippen LogP contribution in [0.3, 0.4) is 0 Å². The van der Waals surface area contributed by atoms with Crippen LogP contribution in [0.1, 0.15) is 37.6 Å². The van der Waals surface area contributed by atoms with Crippen LogP contribution in [0.15, 0.2) is 16.8 Å². The van der Waals surface area contributed by atoms with Crippen LogP contribution in [0.2, 0.25) is 0 Å². The van der Waals surface area contributed by atoms with Crippen molar-refractivity contribution in [2.24, 2.45) is 11.1 Å². The van der Waals surface area contributed by atoms with Crippen molar-refractivity contribution in [1.82, 2.24) is 9.80 Å². The molecule has 1 saturated heterocycles. The quantitative estimate of drug-likeness (QED) is 0.880. The molecule has 23 heavy (non-hydrogen) atoms. The Kier molecular flexibility index (Phi) is 7.04. The van der Waals surface area contributed by atoms with E-state index in [1.807, 2.05) is 42.5 Å². The molecule has 5 nitrogen and oxygen atoms in total. The lowest BCUT2D eigenvalue weighted by molar-refractivity contribution is -0.134. The van der Waals surface area contributed by atoms with Gasteiger partial charge in [0.05, 0.1) is 11.6 Å².